The summed E-state index contributed by atoms with van der Waals surface area (Å²) in [5.74, 6) is 0.267. The zero-order valence-electron chi connectivity index (χ0n) is 21.2. The number of aromatic nitrogens is 4. The van der Waals surface area contributed by atoms with Gasteiger partial charge in [0.1, 0.15) is 10.8 Å². The van der Waals surface area contributed by atoms with Crippen molar-refractivity contribution in [1.82, 2.24) is 24.1 Å². The summed E-state index contributed by atoms with van der Waals surface area (Å²) < 4.78 is 2.80. The molecular formula is C27H32Cl2N6O2. The monoisotopic (exact) mass is 542 g/mol. The summed E-state index contributed by atoms with van der Waals surface area (Å²) in [6.45, 7) is 7.15. The van der Waals surface area contributed by atoms with Gasteiger partial charge in [0.2, 0.25) is 0 Å². The predicted octanol–water partition coefficient (Wildman–Crippen LogP) is 4.51. The number of hydrogen-bond donors (Lipinski definition) is 1. The lowest BCUT2D eigenvalue weighted by Crippen LogP contribution is -2.43. The van der Waals surface area contributed by atoms with Crippen LogP contribution in [0, 0.1) is 12.8 Å². The molecule has 0 aliphatic heterocycles. The Morgan fingerprint density at radius 3 is 2.41 bits per heavy atom. The molecule has 0 bridgehead atoms. The molecular weight excluding hydrogens is 511 g/mol. The molecule has 4 aromatic rings. The largest absolute Gasteiger partial charge is 0.352 e. The lowest BCUT2D eigenvalue weighted by atomic mass is 9.99. The van der Waals surface area contributed by atoms with Crippen molar-refractivity contribution < 1.29 is 4.79 Å². The summed E-state index contributed by atoms with van der Waals surface area (Å²) in [7, 11) is 0. The van der Waals surface area contributed by atoms with Crippen LogP contribution in [-0.2, 0) is 6.54 Å². The molecule has 8 nitrogen and oxygen atoms in total. The molecule has 0 aliphatic rings. The van der Waals surface area contributed by atoms with Crippen LogP contribution in [0.15, 0.2) is 65.6 Å². The van der Waals surface area contributed by atoms with Crippen molar-refractivity contribution in [2.24, 2.45) is 11.7 Å². The van der Waals surface area contributed by atoms with Crippen molar-refractivity contribution in [3.8, 4) is 0 Å². The molecule has 4 rings (SSSR count). The van der Waals surface area contributed by atoms with Gasteiger partial charge < -0.3 is 10.6 Å². The summed E-state index contributed by atoms with van der Waals surface area (Å²) in [5, 5.41) is 4.42. The Hall–Kier alpha value is -3.20. The molecule has 0 aliphatic carbocycles. The molecule has 1 atom stereocenters. The highest BCUT2D eigenvalue weighted by Gasteiger charge is 2.33. The molecule has 2 heterocycles. The lowest BCUT2D eigenvalue weighted by molar-refractivity contribution is 0.0601. The van der Waals surface area contributed by atoms with Crippen LogP contribution in [0.3, 0.4) is 0 Å². The summed E-state index contributed by atoms with van der Waals surface area (Å²) in [6.07, 6.45) is 2.02. The van der Waals surface area contributed by atoms with Crippen LogP contribution in [-0.4, -0.2) is 43.1 Å². The van der Waals surface area contributed by atoms with Crippen LogP contribution < -0.4 is 11.4 Å². The smallest absolute Gasteiger partial charge is 0.330 e. The third-order valence-electron chi connectivity index (χ3n) is 6.19. The number of carbonyl (C=O) groups excluding carboxylic acids is 1. The molecule has 2 aromatic heterocycles. The summed E-state index contributed by atoms with van der Waals surface area (Å²) in [4.78, 5) is 34.1. The maximum absolute atomic E-state index is 13.8. The SMILES string of the molecule is Cc1ccc(C(=O)N(CCCN)[C@@H](c2nc3c(Cl)cnn3c(=O)n2Cc2ccccc2)C(C)C)cc1.Cl. The zero-order chi connectivity index (χ0) is 25.8. The van der Waals surface area contributed by atoms with Crippen LogP contribution >= 0.6 is 24.0 Å². The van der Waals surface area contributed by atoms with E-state index in [9.17, 15) is 9.59 Å². The highest BCUT2D eigenvalue weighted by molar-refractivity contribution is 6.33. The lowest BCUT2D eigenvalue weighted by Gasteiger charge is -2.35. The molecule has 0 radical (unpaired) electrons. The minimum atomic E-state index is -0.502. The molecule has 0 saturated carbocycles. The number of nitrogens with zero attached hydrogens (tertiary/aromatic N) is 5. The molecule has 2 aromatic carbocycles. The topological polar surface area (TPSA) is 98.5 Å². The van der Waals surface area contributed by atoms with E-state index in [-0.39, 0.29) is 47.1 Å². The maximum Gasteiger partial charge on any atom is 0.352 e. The number of amides is 1. The highest BCUT2D eigenvalue weighted by Crippen LogP contribution is 2.30. The van der Waals surface area contributed by atoms with Gasteiger partial charge >= 0.3 is 5.69 Å². The standard InChI is InChI=1S/C27H31ClN6O2.ClH/c1-18(2)23(32(15-7-14-29)26(35)21-12-10-19(3)11-13-21)25-31-24-22(28)16-30-34(24)27(36)33(25)17-20-8-5-4-6-9-20;/h4-6,8-13,16,18,23H,7,14-15,17,29H2,1-3H3;1H/t23-;/m1./s1. The summed E-state index contributed by atoms with van der Waals surface area (Å²) in [5.41, 5.74) is 8.33. The molecule has 0 saturated heterocycles. The maximum atomic E-state index is 13.8. The van der Waals surface area contributed by atoms with Crippen LogP contribution in [0.5, 0.6) is 0 Å². The van der Waals surface area contributed by atoms with Crippen molar-refractivity contribution in [3.05, 3.63) is 98.8 Å². The van der Waals surface area contributed by atoms with E-state index in [4.69, 9.17) is 22.3 Å². The number of benzene rings is 2. The molecule has 10 heteroatoms. The molecule has 0 fully saturated rings. The van der Waals surface area contributed by atoms with E-state index in [0.717, 1.165) is 11.1 Å². The zero-order valence-corrected chi connectivity index (χ0v) is 22.7. The molecule has 37 heavy (non-hydrogen) atoms. The normalized spacial score (nSPS) is 11.9. The van der Waals surface area contributed by atoms with Gasteiger partial charge in [-0.3, -0.25) is 9.36 Å². The number of aryl methyl sites for hydroxylation is 1. The number of fused-ring (bicyclic) bond motifs is 1. The number of halogens is 2. The first-order chi connectivity index (χ1) is 17.3. The van der Waals surface area contributed by atoms with Gasteiger partial charge in [0.05, 0.1) is 18.8 Å². The first-order valence-corrected chi connectivity index (χ1v) is 12.4. The fourth-order valence-electron chi connectivity index (χ4n) is 4.37. The quantitative estimate of drug-likeness (QED) is 0.335. The van der Waals surface area contributed by atoms with Crippen LogP contribution in [0.1, 0.15) is 53.6 Å². The van der Waals surface area contributed by atoms with E-state index >= 15 is 0 Å². The van der Waals surface area contributed by atoms with Gasteiger partial charge in [0, 0.05) is 12.1 Å². The van der Waals surface area contributed by atoms with Crippen LogP contribution in [0.4, 0.5) is 0 Å². The van der Waals surface area contributed by atoms with Gasteiger partial charge in [-0.15, -0.1) is 12.4 Å². The Labute approximate surface area is 227 Å². The van der Waals surface area contributed by atoms with Gasteiger partial charge in [-0.25, -0.2) is 9.78 Å². The minimum Gasteiger partial charge on any atom is -0.330 e. The first kappa shape index (κ1) is 28.4. The minimum absolute atomic E-state index is 0. The number of rotatable bonds is 9. The first-order valence-electron chi connectivity index (χ1n) is 12.1. The molecule has 0 unspecified atom stereocenters. The van der Waals surface area contributed by atoms with Gasteiger partial charge in [0.15, 0.2) is 5.65 Å². The van der Waals surface area contributed by atoms with Gasteiger partial charge in [-0.1, -0.05) is 73.5 Å². The van der Waals surface area contributed by atoms with Gasteiger partial charge in [0.25, 0.3) is 5.91 Å². The average molecular weight is 543 g/mol. The second kappa shape index (κ2) is 12.4. The highest BCUT2D eigenvalue weighted by atomic mass is 35.5. The average Bonchev–Trinajstić information content (AvgIpc) is 3.24. The predicted molar refractivity (Wildman–Crippen MR) is 149 cm³/mol. The fraction of sp³-hybridized carbons (Fsp3) is 0.333. The van der Waals surface area contributed by atoms with Crippen LogP contribution in [0.25, 0.3) is 5.65 Å². The van der Waals surface area contributed by atoms with Crippen molar-refractivity contribution >= 4 is 35.6 Å². The Balaban J connectivity index is 0.00000380. The Morgan fingerprint density at radius 2 is 1.78 bits per heavy atom. The second-order valence-corrected chi connectivity index (χ2v) is 9.66. The second-order valence-electron chi connectivity index (χ2n) is 9.25. The molecule has 196 valence electrons. The molecule has 1 amide bonds. The number of carbonyl (C=O) groups is 1. The summed E-state index contributed by atoms with van der Waals surface area (Å²) >= 11 is 6.36. The van der Waals surface area contributed by atoms with E-state index in [0.29, 0.717) is 30.9 Å². The number of nitrogens with two attached hydrogens (primary N) is 1. The van der Waals surface area contributed by atoms with E-state index in [1.54, 1.807) is 9.47 Å². The Bertz CT molecular complexity index is 1400. The van der Waals surface area contributed by atoms with Crippen molar-refractivity contribution in [2.45, 2.75) is 39.8 Å². The molecule has 0 spiro atoms. The van der Waals surface area contributed by atoms with E-state index in [1.807, 2.05) is 75.4 Å². The van der Waals surface area contributed by atoms with Gasteiger partial charge in [-0.2, -0.15) is 9.61 Å². The third-order valence-corrected chi connectivity index (χ3v) is 6.45. The van der Waals surface area contributed by atoms with E-state index in [1.165, 1.54) is 10.7 Å². The van der Waals surface area contributed by atoms with E-state index < -0.39 is 6.04 Å². The Kier molecular flexibility index (Phi) is 9.48. The third kappa shape index (κ3) is 6.04. The number of hydrogen-bond acceptors (Lipinski definition) is 5. The van der Waals surface area contributed by atoms with Crippen molar-refractivity contribution in [1.29, 1.82) is 0 Å². The van der Waals surface area contributed by atoms with E-state index in [2.05, 4.69) is 5.10 Å². The summed E-state index contributed by atoms with van der Waals surface area (Å²) in [6, 6.07) is 16.6. The molecule has 2 N–H and O–H groups in total. The van der Waals surface area contributed by atoms with Crippen LogP contribution in [0.2, 0.25) is 5.02 Å². The van der Waals surface area contributed by atoms with Crippen molar-refractivity contribution in [3.63, 3.8) is 0 Å². The van der Waals surface area contributed by atoms with Gasteiger partial charge in [-0.05, 0) is 43.5 Å². The van der Waals surface area contributed by atoms with Crippen molar-refractivity contribution in [2.75, 3.05) is 13.1 Å². The fourth-order valence-corrected chi connectivity index (χ4v) is 4.54. The Morgan fingerprint density at radius 1 is 1.11 bits per heavy atom.